The molecule has 2 rings (SSSR count). The van der Waals surface area contributed by atoms with Gasteiger partial charge in [-0.3, -0.25) is 4.79 Å². The monoisotopic (exact) mass is 209 g/mol. The van der Waals surface area contributed by atoms with Crippen LogP contribution in [0, 0.1) is 0 Å². The van der Waals surface area contributed by atoms with Crippen LogP contribution in [-0.2, 0) is 4.79 Å². The lowest BCUT2D eigenvalue weighted by Crippen LogP contribution is -2.34. The van der Waals surface area contributed by atoms with Crippen molar-refractivity contribution in [1.82, 2.24) is 0 Å². The average Bonchev–Trinajstić information content (AvgIpc) is 2.67. The van der Waals surface area contributed by atoms with Crippen molar-refractivity contribution in [2.45, 2.75) is 12.8 Å². The zero-order valence-corrected chi connectivity index (χ0v) is 8.10. The van der Waals surface area contributed by atoms with Crippen molar-refractivity contribution in [1.29, 1.82) is 0 Å². The maximum atomic E-state index is 11.0. The van der Waals surface area contributed by atoms with Crippen LogP contribution in [0.3, 0.4) is 0 Å². The van der Waals surface area contributed by atoms with Crippen LogP contribution >= 0.6 is 0 Å². The summed E-state index contributed by atoms with van der Waals surface area (Å²) in [4.78, 5) is 23.7. The van der Waals surface area contributed by atoms with Gasteiger partial charge in [0, 0.05) is 32.0 Å². The van der Waals surface area contributed by atoms with Crippen LogP contribution in [0.15, 0.2) is 16.7 Å². The number of furan rings is 1. The fraction of sp³-hybridized carbons (Fsp3) is 0.400. The molecule has 5 heteroatoms. The zero-order valence-electron chi connectivity index (χ0n) is 8.10. The first-order chi connectivity index (χ1) is 7.18. The van der Waals surface area contributed by atoms with Gasteiger partial charge in [-0.1, -0.05) is 0 Å². The fourth-order valence-corrected chi connectivity index (χ4v) is 1.71. The van der Waals surface area contributed by atoms with Crippen LogP contribution in [0.4, 0.5) is 5.69 Å². The molecule has 0 unspecified atom stereocenters. The second-order valence-corrected chi connectivity index (χ2v) is 3.47. The number of rotatable bonds is 2. The summed E-state index contributed by atoms with van der Waals surface area (Å²) < 4.78 is 4.88. The predicted molar refractivity (Wildman–Crippen MR) is 52.1 cm³/mol. The molecule has 0 atom stereocenters. The van der Waals surface area contributed by atoms with Crippen LogP contribution < -0.4 is 4.90 Å². The Kier molecular flexibility index (Phi) is 2.45. The summed E-state index contributed by atoms with van der Waals surface area (Å²) in [6.07, 6.45) is 2.31. The van der Waals surface area contributed by atoms with E-state index in [0.717, 1.165) is 0 Å². The fourth-order valence-electron chi connectivity index (χ4n) is 1.71. The maximum Gasteiger partial charge on any atom is 0.374 e. The van der Waals surface area contributed by atoms with Gasteiger partial charge < -0.3 is 14.4 Å². The molecular weight excluding hydrogens is 198 g/mol. The minimum atomic E-state index is -1.08. The summed E-state index contributed by atoms with van der Waals surface area (Å²) in [6.45, 7) is 1.14. The Balaban J connectivity index is 2.19. The number of piperidine rings is 1. The number of aromatic carboxylic acids is 1. The maximum absolute atomic E-state index is 11.0. The van der Waals surface area contributed by atoms with Crippen molar-refractivity contribution in [2.24, 2.45) is 0 Å². The van der Waals surface area contributed by atoms with Gasteiger partial charge in [0.25, 0.3) is 0 Å². The zero-order chi connectivity index (χ0) is 10.8. The Morgan fingerprint density at radius 1 is 1.40 bits per heavy atom. The summed E-state index contributed by atoms with van der Waals surface area (Å²) in [5, 5.41) is 8.85. The number of ketones is 1. The molecule has 1 aliphatic rings. The van der Waals surface area contributed by atoms with E-state index in [4.69, 9.17) is 9.52 Å². The second-order valence-electron chi connectivity index (χ2n) is 3.47. The van der Waals surface area contributed by atoms with Crippen molar-refractivity contribution >= 4 is 17.4 Å². The molecule has 1 aliphatic heterocycles. The molecule has 1 aromatic rings. The second kappa shape index (κ2) is 3.76. The number of hydrogen-bond acceptors (Lipinski definition) is 4. The van der Waals surface area contributed by atoms with E-state index in [0.29, 0.717) is 31.6 Å². The molecule has 0 amide bonds. The third-order valence-corrected chi connectivity index (χ3v) is 2.50. The third-order valence-electron chi connectivity index (χ3n) is 2.50. The molecule has 0 aliphatic carbocycles. The lowest BCUT2D eigenvalue weighted by Gasteiger charge is -2.26. The van der Waals surface area contributed by atoms with Gasteiger partial charge in [-0.2, -0.15) is 0 Å². The highest BCUT2D eigenvalue weighted by molar-refractivity contribution is 5.92. The summed E-state index contributed by atoms with van der Waals surface area (Å²) >= 11 is 0. The largest absolute Gasteiger partial charge is 0.475 e. The molecule has 15 heavy (non-hydrogen) atoms. The summed E-state index contributed by atoms with van der Waals surface area (Å²) in [7, 11) is 0. The van der Waals surface area contributed by atoms with Gasteiger partial charge in [0.2, 0.25) is 5.76 Å². The molecular formula is C10H11NO4. The van der Waals surface area contributed by atoms with Gasteiger partial charge in [0.05, 0.1) is 12.0 Å². The van der Waals surface area contributed by atoms with Gasteiger partial charge in [0.15, 0.2) is 0 Å². The quantitative estimate of drug-likeness (QED) is 0.791. The normalized spacial score (nSPS) is 16.8. The van der Waals surface area contributed by atoms with E-state index in [1.807, 2.05) is 4.90 Å². The number of nitrogens with zero attached hydrogens (tertiary/aromatic N) is 1. The molecule has 1 N–H and O–H groups in total. The third kappa shape index (κ3) is 1.86. The van der Waals surface area contributed by atoms with E-state index in [-0.39, 0.29) is 11.5 Å². The first-order valence-electron chi connectivity index (χ1n) is 4.76. The number of carboxylic acids is 1. The Morgan fingerprint density at radius 3 is 2.67 bits per heavy atom. The Bertz CT molecular complexity index is 386. The number of hydrogen-bond donors (Lipinski definition) is 1. The van der Waals surface area contributed by atoms with Crippen molar-refractivity contribution in [2.75, 3.05) is 18.0 Å². The van der Waals surface area contributed by atoms with Crippen LogP contribution in [0.25, 0.3) is 0 Å². The van der Waals surface area contributed by atoms with Crippen LogP contribution in [0.2, 0.25) is 0 Å². The number of carboxylic acid groups (broad SMARTS) is 1. The smallest absolute Gasteiger partial charge is 0.374 e. The van der Waals surface area contributed by atoms with Crippen molar-refractivity contribution in [3.05, 3.63) is 18.1 Å². The topological polar surface area (TPSA) is 70.8 Å². The standard InChI is InChI=1S/C10H11NO4/c12-7-1-4-11(5-2-7)8-3-6-15-9(8)10(13)14/h3,6H,1-2,4-5H2,(H,13,14). The molecule has 1 aromatic heterocycles. The number of carbonyl (C=O) groups excluding carboxylic acids is 1. The molecule has 1 saturated heterocycles. The Morgan fingerprint density at radius 2 is 2.07 bits per heavy atom. The average molecular weight is 209 g/mol. The van der Waals surface area contributed by atoms with Crippen LogP contribution in [0.5, 0.6) is 0 Å². The van der Waals surface area contributed by atoms with Gasteiger partial charge in [-0.15, -0.1) is 0 Å². The van der Waals surface area contributed by atoms with Gasteiger partial charge >= 0.3 is 5.97 Å². The number of Topliss-reactive ketones (excluding diaryl/α,β-unsaturated/α-hetero) is 1. The molecule has 80 valence electrons. The summed E-state index contributed by atoms with van der Waals surface area (Å²) in [5.41, 5.74) is 0.565. The first-order valence-corrected chi connectivity index (χ1v) is 4.76. The molecule has 5 nitrogen and oxygen atoms in total. The van der Waals surface area contributed by atoms with Crippen molar-refractivity contribution < 1.29 is 19.1 Å². The van der Waals surface area contributed by atoms with E-state index in [1.165, 1.54) is 6.26 Å². The lowest BCUT2D eigenvalue weighted by molar-refractivity contribution is -0.119. The highest BCUT2D eigenvalue weighted by Crippen LogP contribution is 2.24. The highest BCUT2D eigenvalue weighted by atomic mass is 16.4. The molecule has 2 heterocycles. The first kappa shape index (κ1) is 9.76. The molecule has 0 saturated carbocycles. The van der Waals surface area contributed by atoms with E-state index in [2.05, 4.69) is 0 Å². The van der Waals surface area contributed by atoms with E-state index >= 15 is 0 Å². The van der Waals surface area contributed by atoms with E-state index in [9.17, 15) is 9.59 Å². The van der Waals surface area contributed by atoms with Gasteiger partial charge in [-0.25, -0.2) is 4.79 Å². The SMILES string of the molecule is O=C1CCN(c2ccoc2C(=O)O)CC1. The van der Waals surface area contributed by atoms with E-state index in [1.54, 1.807) is 6.07 Å². The molecule has 0 bridgehead atoms. The van der Waals surface area contributed by atoms with Gasteiger partial charge in [0.1, 0.15) is 5.78 Å². The van der Waals surface area contributed by atoms with Crippen molar-refractivity contribution in [3.63, 3.8) is 0 Å². The highest BCUT2D eigenvalue weighted by Gasteiger charge is 2.23. The Labute approximate surface area is 86.3 Å². The number of carbonyl (C=O) groups is 2. The van der Waals surface area contributed by atoms with E-state index < -0.39 is 5.97 Å². The lowest BCUT2D eigenvalue weighted by atomic mass is 10.1. The molecule has 0 spiro atoms. The van der Waals surface area contributed by atoms with Crippen LogP contribution in [-0.4, -0.2) is 29.9 Å². The summed E-state index contributed by atoms with van der Waals surface area (Å²) in [5.74, 6) is -0.900. The van der Waals surface area contributed by atoms with Crippen LogP contribution in [0.1, 0.15) is 23.4 Å². The minimum absolute atomic E-state index is 0.0515. The number of anilines is 1. The molecule has 0 radical (unpaired) electrons. The minimum Gasteiger partial charge on any atom is -0.475 e. The van der Waals surface area contributed by atoms with Gasteiger partial charge in [-0.05, 0) is 0 Å². The summed E-state index contributed by atoms with van der Waals surface area (Å²) in [6, 6.07) is 1.62. The van der Waals surface area contributed by atoms with Crippen molar-refractivity contribution in [3.8, 4) is 0 Å². The Hall–Kier alpha value is -1.78. The molecule has 0 aromatic carbocycles. The molecule has 1 fully saturated rings. The predicted octanol–water partition coefficient (Wildman–Crippen LogP) is 1.15.